The van der Waals surface area contributed by atoms with Crippen molar-refractivity contribution in [3.8, 4) is 11.5 Å². The van der Waals surface area contributed by atoms with Crippen LogP contribution in [0.25, 0.3) is 11.5 Å². The van der Waals surface area contributed by atoms with Crippen molar-refractivity contribution in [3.05, 3.63) is 16.3 Å². The number of aromatic nitrogens is 6. The van der Waals surface area contributed by atoms with Crippen LogP contribution < -0.4 is 0 Å². The van der Waals surface area contributed by atoms with Crippen LogP contribution >= 0.6 is 0 Å². The zero-order chi connectivity index (χ0) is 9.26. The summed E-state index contributed by atoms with van der Waals surface area (Å²) < 4.78 is 0. The largest absolute Gasteiger partial charge is 0.318 e. The van der Waals surface area contributed by atoms with E-state index in [1.54, 1.807) is 0 Å². The number of hydrogen-bond acceptors (Lipinski definition) is 6. The molecular weight excluding hydrogens is 178 g/mol. The highest BCUT2D eigenvalue weighted by atomic mass is 16.6. The molecule has 0 aliphatic carbocycles. The molecule has 9 nitrogen and oxygen atoms in total. The predicted molar refractivity (Wildman–Crippen MR) is 38.4 cm³/mol. The lowest BCUT2D eigenvalue weighted by molar-refractivity contribution is -0.384. The number of H-pyrrole nitrogens is 2. The normalized spacial score (nSPS) is 10.2. The van der Waals surface area contributed by atoms with E-state index in [4.69, 9.17) is 0 Å². The summed E-state index contributed by atoms with van der Waals surface area (Å²) in [7, 11) is 0. The Kier molecular flexibility index (Phi) is 1.48. The zero-order valence-corrected chi connectivity index (χ0v) is 6.13. The van der Waals surface area contributed by atoms with Gasteiger partial charge in [0.25, 0.3) is 0 Å². The maximum absolute atomic E-state index is 10.4. The maximum atomic E-state index is 10.4. The lowest BCUT2D eigenvalue weighted by Crippen LogP contribution is -1.90. The number of rotatable bonds is 2. The molecule has 2 heterocycles. The van der Waals surface area contributed by atoms with Crippen molar-refractivity contribution in [1.29, 1.82) is 0 Å². The molecule has 2 N–H and O–H groups in total. The van der Waals surface area contributed by atoms with Crippen LogP contribution in [0.2, 0.25) is 0 Å². The van der Waals surface area contributed by atoms with Crippen molar-refractivity contribution < 1.29 is 4.92 Å². The number of nitro groups is 1. The van der Waals surface area contributed by atoms with Gasteiger partial charge in [0.1, 0.15) is 6.20 Å². The minimum Gasteiger partial charge on any atom is -0.268 e. The molecule has 0 amide bonds. The molecule has 0 bridgehead atoms. The third-order valence-corrected chi connectivity index (χ3v) is 1.38. The van der Waals surface area contributed by atoms with E-state index in [0.717, 1.165) is 6.20 Å². The van der Waals surface area contributed by atoms with Crippen LogP contribution in [0.5, 0.6) is 0 Å². The number of aromatic amines is 2. The molecule has 66 valence electrons. The number of nitrogens with one attached hydrogen (secondary N) is 2. The van der Waals surface area contributed by atoms with Gasteiger partial charge in [0, 0.05) is 0 Å². The van der Waals surface area contributed by atoms with Gasteiger partial charge in [-0.2, -0.15) is 10.3 Å². The first-order valence-electron chi connectivity index (χ1n) is 3.20. The molecule has 13 heavy (non-hydrogen) atoms. The minimum atomic E-state index is -0.574. The van der Waals surface area contributed by atoms with Gasteiger partial charge in [-0.1, -0.05) is 0 Å². The standard InChI is InChI=1S/C4H3N7O2/c12-11(13)2-1-5-6-3(2)4-7-9-10-8-4/h1H,(H,5,6)(H,7,8,9,10). The smallest absolute Gasteiger partial charge is 0.268 e. The average molecular weight is 181 g/mol. The Bertz CT molecular complexity index is 417. The Hall–Kier alpha value is -2.32. The van der Waals surface area contributed by atoms with Gasteiger partial charge in [-0.3, -0.25) is 15.2 Å². The molecule has 0 aromatic carbocycles. The van der Waals surface area contributed by atoms with E-state index in [0.29, 0.717) is 0 Å². The second kappa shape index (κ2) is 2.62. The van der Waals surface area contributed by atoms with Gasteiger partial charge in [-0.15, -0.1) is 10.2 Å². The van der Waals surface area contributed by atoms with Crippen molar-refractivity contribution in [2.45, 2.75) is 0 Å². The summed E-state index contributed by atoms with van der Waals surface area (Å²) >= 11 is 0. The van der Waals surface area contributed by atoms with Crippen LogP contribution in [0.1, 0.15) is 0 Å². The number of tetrazole rings is 1. The van der Waals surface area contributed by atoms with Crippen LogP contribution in [0.4, 0.5) is 5.69 Å². The summed E-state index contributed by atoms with van der Waals surface area (Å²) in [6.07, 6.45) is 1.09. The van der Waals surface area contributed by atoms with Crippen molar-refractivity contribution in [2.24, 2.45) is 0 Å². The van der Waals surface area contributed by atoms with Crippen LogP contribution in [0.3, 0.4) is 0 Å². The van der Waals surface area contributed by atoms with E-state index in [2.05, 4.69) is 30.8 Å². The average Bonchev–Trinajstić information content (AvgIpc) is 2.74. The van der Waals surface area contributed by atoms with Crippen LogP contribution in [0, 0.1) is 10.1 Å². The van der Waals surface area contributed by atoms with E-state index in [9.17, 15) is 10.1 Å². The van der Waals surface area contributed by atoms with E-state index >= 15 is 0 Å². The second-order valence-corrected chi connectivity index (χ2v) is 2.12. The van der Waals surface area contributed by atoms with Gasteiger partial charge < -0.3 is 0 Å². The van der Waals surface area contributed by atoms with Gasteiger partial charge in [-0.05, 0) is 5.21 Å². The molecule has 2 rings (SSSR count). The van der Waals surface area contributed by atoms with Gasteiger partial charge in [0.2, 0.25) is 5.82 Å². The summed E-state index contributed by atoms with van der Waals surface area (Å²) in [6.45, 7) is 0. The highest BCUT2D eigenvalue weighted by Gasteiger charge is 2.20. The molecule has 0 aliphatic heterocycles. The van der Waals surface area contributed by atoms with Crippen molar-refractivity contribution >= 4 is 5.69 Å². The molecule has 0 saturated carbocycles. The maximum Gasteiger partial charge on any atom is 0.318 e. The SMILES string of the molecule is O=[N+]([O-])c1cn[nH]c1-c1nn[nH]n1. The third kappa shape index (κ3) is 1.11. The molecule has 9 heteroatoms. The molecule has 0 radical (unpaired) electrons. The Labute approximate surface area is 70.3 Å². The summed E-state index contributed by atoms with van der Waals surface area (Å²) in [5.41, 5.74) is -0.0415. The van der Waals surface area contributed by atoms with E-state index in [-0.39, 0.29) is 17.2 Å². The van der Waals surface area contributed by atoms with E-state index in [1.165, 1.54) is 0 Å². The monoisotopic (exact) mass is 181 g/mol. The Morgan fingerprint density at radius 3 is 3.00 bits per heavy atom. The molecule has 2 aromatic rings. The first-order valence-corrected chi connectivity index (χ1v) is 3.20. The van der Waals surface area contributed by atoms with Crippen LogP contribution in [0.15, 0.2) is 6.20 Å². The molecule has 0 spiro atoms. The molecule has 2 aromatic heterocycles. The van der Waals surface area contributed by atoms with Crippen LogP contribution in [-0.4, -0.2) is 35.7 Å². The summed E-state index contributed by atoms with van der Waals surface area (Å²) in [6, 6.07) is 0. The van der Waals surface area contributed by atoms with E-state index < -0.39 is 4.92 Å². The molecule has 0 saturated heterocycles. The Morgan fingerprint density at radius 1 is 1.54 bits per heavy atom. The minimum absolute atomic E-state index is 0.115. The van der Waals surface area contributed by atoms with Crippen molar-refractivity contribution in [1.82, 2.24) is 30.8 Å². The molecule has 0 fully saturated rings. The lowest BCUT2D eigenvalue weighted by Gasteiger charge is -1.86. The zero-order valence-electron chi connectivity index (χ0n) is 6.13. The van der Waals surface area contributed by atoms with Gasteiger partial charge >= 0.3 is 5.69 Å². The van der Waals surface area contributed by atoms with Gasteiger partial charge in [-0.25, -0.2) is 0 Å². The number of nitrogens with zero attached hydrogens (tertiary/aromatic N) is 5. The first kappa shape index (κ1) is 7.34. The summed E-state index contributed by atoms with van der Waals surface area (Å²) in [5, 5.41) is 29.0. The fraction of sp³-hybridized carbons (Fsp3) is 0. The van der Waals surface area contributed by atoms with Crippen LogP contribution in [-0.2, 0) is 0 Å². The van der Waals surface area contributed by atoms with Gasteiger partial charge in [0.05, 0.1) is 4.92 Å². The highest BCUT2D eigenvalue weighted by molar-refractivity contribution is 5.61. The molecule has 0 atom stereocenters. The quantitative estimate of drug-likeness (QED) is 0.474. The topological polar surface area (TPSA) is 126 Å². The second-order valence-electron chi connectivity index (χ2n) is 2.12. The van der Waals surface area contributed by atoms with E-state index in [1.807, 2.05) is 0 Å². The first-order chi connectivity index (χ1) is 6.29. The molecule has 0 unspecified atom stereocenters. The molecular formula is C4H3N7O2. The number of hydrogen-bond donors (Lipinski definition) is 2. The fourth-order valence-electron chi connectivity index (χ4n) is 0.850. The van der Waals surface area contributed by atoms with Gasteiger partial charge in [0.15, 0.2) is 5.69 Å². The summed E-state index contributed by atoms with van der Waals surface area (Å²) in [4.78, 5) is 9.86. The van der Waals surface area contributed by atoms with Crippen molar-refractivity contribution in [3.63, 3.8) is 0 Å². The Morgan fingerprint density at radius 2 is 2.38 bits per heavy atom. The fourth-order valence-corrected chi connectivity index (χ4v) is 0.850. The molecule has 0 aliphatic rings. The highest BCUT2D eigenvalue weighted by Crippen LogP contribution is 2.22. The lowest BCUT2D eigenvalue weighted by atomic mass is 10.4. The third-order valence-electron chi connectivity index (χ3n) is 1.38. The predicted octanol–water partition coefficient (Wildman–Crippen LogP) is -0.502. The van der Waals surface area contributed by atoms with Crippen molar-refractivity contribution in [2.75, 3.05) is 0 Å². The Balaban J connectivity index is 2.52. The summed E-state index contributed by atoms with van der Waals surface area (Å²) in [5.74, 6) is 0.115.